The third-order valence-electron chi connectivity index (χ3n) is 3.52. The van der Waals surface area contributed by atoms with E-state index >= 15 is 0 Å². The van der Waals surface area contributed by atoms with Crippen LogP contribution >= 0.6 is 0 Å². The molecule has 4 nitrogen and oxygen atoms in total. The number of hydrogen-bond donors (Lipinski definition) is 1. The van der Waals surface area contributed by atoms with Gasteiger partial charge >= 0.3 is 6.18 Å². The van der Waals surface area contributed by atoms with Gasteiger partial charge in [-0.25, -0.2) is 0 Å². The van der Waals surface area contributed by atoms with Crippen LogP contribution < -0.4 is 5.56 Å². The molecule has 0 fully saturated rings. The van der Waals surface area contributed by atoms with Crippen molar-refractivity contribution >= 4 is 0 Å². The minimum atomic E-state index is -4.45. The first-order valence-electron chi connectivity index (χ1n) is 7.04. The first-order chi connectivity index (χ1) is 10.5. The summed E-state index contributed by atoms with van der Waals surface area (Å²) in [6, 6.07) is 3.00. The number of aryl methyl sites for hydroxylation is 2. The van der Waals surface area contributed by atoms with Gasteiger partial charge in [-0.05, 0) is 37.1 Å². The molecule has 0 radical (unpaired) electrons. The molecular weight excluding hydrogens is 309 g/mol. The van der Waals surface area contributed by atoms with E-state index in [9.17, 15) is 23.1 Å². The van der Waals surface area contributed by atoms with Crippen molar-refractivity contribution in [2.24, 2.45) is 0 Å². The second-order valence-corrected chi connectivity index (χ2v) is 5.78. The molecule has 1 N–H and O–H groups in total. The van der Waals surface area contributed by atoms with Crippen LogP contribution in [0.3, 0.4) is 0 Å². The molecule has 0 atom stereocenters. The molecular formula is C16H17F3N2O2. The fraction of sp³-hybridized carbons (Fsp3) is 0.375. The van der Waals surface area contributed by atoms with E-state index in [1.54, 1.807) is 13.8 Å². The second-order valence-electron chi connectivity index (χ2n) is 5.78. The van der Waals surface area contributed by atoms with Crippen molar-refractivity contribution < 1.29 is 18.3 Å². The molecule has 0 saturated carbocycles. The molecule has 2 rings (SSSR count). The predicted molar refractivity (Wildman–Crippen MR) is 80.1 cm³/mol. The van der Waals surface area contributed by atoms with Crippen LogP contribution in [-0.4, -0.2) is 14.9 Å². The van der Waals surface area contributed by atoms with Gasteiger partial charge in [0.25, 0.3) is 5.56 Å². The standard InChI is InChI=1S/C16H17F3N2O2/c1-8(2)14-12(22)7-13(23)21(20-14)15-9(3)5-11(6-10(15)4)16(17,18)19/h5-8,22H,1-4H3. The van der Waals surface area contributed by atoms with Crippen molar-refractivity contribution in [3.63, 3.8) is 0 Å². The number of halogens is 3. The second kappa shape index (κ2) is 5.72. The van der Waals surface area contributed by atoms with Gasteiger partial charge in [-0.2, -0.15) is 23.0 Å². The number of nitrogens with zero attached hydrogens (tertiary/aromatic N) is 2. The molecule has 0 aliphatic rings. The molecule has 0 aliphatic carbocycles. The van der Waals surface area contributed by atoms with E-state index in [-0.39, 0.29) is 22.8 Å². The lowest BCUT2D eigenvalue weighted by atomic mass is 10.0. The van der Waals surface area contributed by atoms with Gasteiger partial charge < -0.3 is 5.11 Å². The highest BCUT2D eigenvalue weighted by Gasteiger charge is 2.31. The van der Waals surface area contributed by atoms with E-state index < -0.39 is 17.3 Å². The first-order valence-corrected chi connectivity index (χ1v) is 7.04. The average molecular weight is 326 g/mol. The van der Waals surface area contributed by atoms with Gasteiger partial charge in [-0.1, -0.05) is 13.8 Å². The van der Waals surface area contributed by atoms with Crippen LogP contribution in [0.5, 0.6) is 5.75 Å². The van der Waals surface area contributed by atoms with Crippen molar-refractivity contribution in [1.82, 2.24) is 9.78 Å². The molecule has 0 bridgehead atoms. The van der Waals surface area contributed by atoms with Gasteiger partial charge in [0, 0.05) is 12.0 Å². The van der Waals surface area contributed by atoms with Crippen molar-refractivity contribution in [2.75, 3.05) is 0 Å². The lowest BCUT2D eigenvalue weighted by Crippen LogP contribution is -2.24. The third-order valence-corrected chi connectivity index (χ3v) is 3.52. The molecule has 1 heterocycles. The first kappa shape index (κ1) is 17.1. The molecule has 1 aromatic carbocycles. The molecule has 0 aliphatic heterocycles. The van der Waals surface area contributed by atoms with Crippen molar-refractivity contribution in [3.05, 3.63) is 50.9 Å². The summed E-state index contributed by atoms with van der Waals surface area (Å²) in [5.41, 5.74) is -0.196. The number of rotatable bonds is 2. The van der Waals surface area contributed by atoms with Crippen LogP contribution in [0.2, 0.25) is 0 Å². The Bertz CT molecular complexity index is 785. The molecule has 2 aromatic rings. The summed E-state index contributed by atoms with van der Waals surface area (Å²) < 4.78 is 39.6. The topological polar surface area (TPSA) is 55.1 Å². The summed E-state index contributed by atoms with van der Waals surface area (Å²) in [5.74, 6) is -0.361. The van der Waals surface area contributed by atoms with Crippen molar-refractivity contribution in [2.45, 2.75) is 39.8 Å². The van der Waals surface area contributed by atoms with E-state index in [0.717, 1.165) is 22.9 Å². The quantitative estimate of drug-likeness (QED) is 0.915. The lowest BCUT2D eigenvalue weighted by Gasteiger charge is -2.17. The summed E-state index contributed by atoms with van der Waals surface area (Å²) in [5, 5.41) is 13.9. The minimum absolute atomic E-state index is 0.142. The largest absolute Gasteiger partial charge is 0.506 e. The molecule has 1 aromatic heterocycles. The number of benzene rings is 1. The monoisotopic (exact) mass is 326 g/mol. The fourth-order valence-electron chi connectivity index (χ4n) is 2.49. The van der Waals surface area contributed by atoms with E-state index in [4.69, 9.17) is 0 Å². The summed E-state index contributed by atoms with van der Waals surface area (Å²) >= 11 is 0. The zero-order chi connectivity index (χ0) is 17.5. The summed E-state index contributed by atoms with van der Waals surface area (Å²) in [6.45, 7) is 6.58. The normalized spacial score (nSPS) is 12.0. The highest BCUT2D eigenvalue weighted by Crippen LogP contribution is 2.33. The van der Waals surface area contributed by atoms with Gasteiger partial charge in [-0.15, -0.1) is 0 Å². The fourth-order valence-corrected chi connectivity index (χ4v) is 2.49. The molecule has 124 valence electrons. The van der Waals surface area contributed by atoms with Gasteiger partial charge in [0.15, 0.2) is 0 Å². The summed E-state index contributed by atoms with van der Waals surface area (Å²) in [6.07, 6.45) is -4.45. The Balaban J connectivity index is 2.73. The Kier molecular flexibility index (Phi) is 4.24. The highest BCUT2D eigenvalue weighted by molar-refractivity contribution is 5.50. The molecule has 0 spiro atoms. The minimum Gasteiger partial charge on any atom is -0.506 e. The summed E-state index contributed by atoms with van der Waals surface area (Å²) in [7, 11) is 0. The molecule has 0 saturated heterocycles. The van der Waals surface area contributed by atoms with Crippen LogP contribution in [-0.2, 0) is 6.18 Å². The van der Waals surface area contributed by atoms with Crippen LogP contribution in [0.25, 0.3) is 5.69 Å². The lowest BCUT2D eigenvalue weighted by molar-refractivity contribution is -0.137. The maximum absolute atomic E-state index is 12.9. The van der Waals surface area contributed by atoms with Crippen LogP contribution in [0.1, 0.15) is 42.1 Å². The van der Waals surface area contributed by atoms with E-state index in [1.807, 2.05) is 0 Å². The van der Waals surface area contributed by atoms with Gasteiger partial charge in [-0.3, -0.25) is 4.79 Å². The van der Waals surface area contributed by atoms with Gasteiger partial charge in [0.1, 0.15) is 11.4 Å². The third kappa shape index (κ3) is 3.23. The van der Waals surface area contributed by atoms with E-state index in [0.29, 0.717) is 11.4 Å². The Morgan fingerprint density at radius 3 is 2.09 bits per heavy atom. The number of hydrogen-bond acceptors (Lipinski definition) is 3. The molecule has 7 heteroatoms. The predicted octanol–water partition coefficient (Wildman–Crippen LogP) is 3.70. The summed E-state index contributed by atoms with van der Waals surface area (Å²) in [4.78, 5) is 12.1. The highest BCUT2D eigenvalue weighted by atomic mass is 19.4. The van der Waals surface area contributed by atoms with Crippen LogP contribution in [0.4, 0.5) is 13.2 Å². The van der Waals surface area contributed by atoms with Crippen LogP contribution in [0.15, 0.2) is 23.0 Å². The average Bonchev–Trinajstić information content (AvgIpc) is 2.38. The Labute approximate surface area is 131 Å². The number of aromatic nitrogens is 2. The maximum atomic E-state index is 12.9. The Morgan fingerprint density at radius 1 is 1.13 bits per heavy atom. The zero-order valence-corrected chi connectivity index (χ0v) is 13.2. The Morgan fingerprint density at radius 2 is 1.65 bits per heavy atom. The molecule has 0 amide bonds. The zero-order valence-electron chi connectivity index (χ0n) is 13.2. The van der Waals surface area contributed by atoms with Gasteiger partial charge in [0.05, 0.1) is 11.3 Å². The van der Waals surface area contributed by atoms with E-state index in [2.05, 4.69) is 5.10 Å². The van der Waals surface area contributed by atoms with E-state index in [1.165, 1.54) is 13.8 Å². The van der Waals surface area contributed by atoms with Crippen LogP contribution in [0, 0.1) is 13.8 Å². The number of alkyl halides is 3. The number of aromatic hydroxyl groups is 1. The Hall–Kier alpha value is -2.31. The van der Waals surface area contributed by atoms with Crippen molar-refractivity contribution in [3.8, 4) is 11.4 Å². The maximum Gasteiger partial charge on any atom is 0.416 e. The van der Waals surface area contributed by atoms with Crippen molar-refractivity contribution in [1.29, 1.82) is 0 Å². The SMILES string of the molecule is Cc1cc(C(F)(F)F)cc(C)c1-n1nc(C(C)C)c(O)cc1=O. The van der Waals surface area contributed by atoms with Gasteiger partial charge in [0.2, 0.25) is 0 Å². The smallest absolute Gasteiger partial charge is 0.416 e. The molecule has 23 heavy (non-hydrogen) atoms. The molecule has 0 unspecified atom stereocenters.